The molecule has 1 aliphatic carbocycles. The predicted molar refractivity (Wildman–Crippen MR) is 90.0 cm³/mol. The van der Waals surface area contributed by atoms with E-state index in [-0.39, 0.29) is 0 Å². The summed E-state index contributed by atoms with van der Waals surface area (Å²) in [7, 11) is -3.11. The third-order valence-corrected chi connectivity index (χ3v) is 6.05. The van der Waals surface area contributed by atoms with Crippen LogP contribution >= 0.6 is 0 Å². The summed E-state index contributed by atoms with van der Waals surface area (Å²) < 4.78 is 22.9. The van der Waals surface area contributed by atoms with E-state index in [1.54, 1.807) is 12.1 Å². The van der Waals surface area contributed by atoms with Crippen LogP contribution in [0.15, 0.2) is 29.2 Å². The van der Waals surface area contributed by atoms with Crippen molar-refractivity contribution >= 4 is 15.5 Å². The van der Waals surface area contributed by atoms with Gasteiger partial charge >= 0.3 is 0 Å². The highest BCUT2D eigenvalue weighted by atomic mass is 32.2. The van der Waals surface area contributed by atoms with Gasteiger partial charge < -0.3 is 10.2 Å². The van der Waals surface area contributed by atoms with E-state index >= 15 is 0 Å². The van der Waals surface area contributed by atoms with Crippen LogP contribution < -0.4 is 5.32 Å². The minimum atomic E-state index is -3.11. The average Bonchev–Trinajstić information content (AvgIpc) is 3.11. The number of hydrogen-bond donors (Lipinski definition) is 1. The highest BCUT2D eigenvalue weighted by molar-refractivity contribution is 7.90. The minimum absolute atomic E-state index is 0.382. The van der Waals surface area contributed by atoms with E-state index in [1.165, 1.54) is 51.4 Å². The van der Waals surface area contributed by atoms with Gasteiger partial charge in [-0.05, 0) is 49.4 Å². The second-order valence-electron chi connectivity index (χ2n) is 6.84. The summed E-state index contributed by atoms with van der Waals surface area (Å²) in [5, 5.41) is 3.54. The summed E-state index contributed by atoms with van der Waals surface area (Å²) in [6.07, 6.45) is 8.04. The van der Waals surface area contributed by atoms with Crippen LogP contribution in [0.3, 0.4) is 0 Å². The zero-order valence-electron chi connectivity index (χ0n) is 13.3. The SMILES string of the molecule is CS(=O)(=O)c1ccc(N[C@@H]2CCN(CC3CCCC3)C2)cc1. The molecule has 1 N–H and O–H groups in total. The van der Waals surface area contributed by atoms with Crippen molar-refractivity contribution in [2.24, 2.45) is 5.92 Å². The third kappa shape index (κ3) is 4.02. The topological polar surface area (TPSA) is 49.4 Å². The molecule has 1 atom stereocenters. The van der Waals surface area contributed by atoms with E-state index in [0.717, 1.165) is 18.2 Å². The first-order valence-electron chi connectivity index (χ1n) is 8.30. The zero-order chi connectivity index (χ0) is 15.6. The quantitative estimate of drug-likeness (QED) is 0.905. The molecule has 3 rings (SSSR count). The van der Waals surface area contributed by atoms with Crippen LogP contribution in [0.2, 0.25) is 0 Å². The van der Waals surface area contributed by atoms with E-state index < -0.39 is 9.84 Å². The lowest BCUT2D eigenvalue weighted by Gasteiger charge is -2.20. The van der Waals surface area contributed by atoms with Crippen LogP contribution in [0.4, 0.5) is 5.69 Å². The molecule has 0 bridgehead atoms. The van der Waals surface area contributed by atoms with Gasteiger partial charge in [0.25, 0.3) is 0 Å². The Kier molecular flexibility index (Phi) is 4.73. The van der Waals surface area contributed by atoms with Crippen molar-refractivity contribution in [2.75, 3.05) is 31.2 Å². The molecule has 0 radical (unpaired) electrons. The largest absolute Gasteiger partial charge is 0.381 e. The fraction of sp³-hybridized carbons (Fsp3) is 0.647. The Bertz CT molecular complexity index is 592. The van der Waals surface area contributed by atoms with Crippen LogP contribution in [0.5, 0.6) is 0 Å². The number of sulfone groups is 1. The van der Waals surface area contributed by atoms with Gasteiger partial charge in [0, 0.05) is 37.6 Å². The summed E-state index contributed by atoms with van der Waals surface area (Å²) in [6.45, 7) is 3.53. The number of benzene rings is 1. The van der Waals surface area contributed by atoms with Crippen LogP contribution in [-0.4, -0.2) is 45.2 Å². The van der Waals surface area contributed by atoms with Gasteiger partial charge in [0.05, 0.1) is 4.90 Å². The van der Waals surface area contributed by atoms with Crippen molar-refractivity contribution in [3.05, 3.63) is 24.3 Å². The molecule has 0 amide bonds. The first-order valence-corrected chi connectivity index (χ1v) is 10.2. The molecule has 2 fully saturated rings. The molecule has 1 aromatic carbocycles. The van der Waals surface area contributed by atoms with Crippen molar-refractivity contribution in [3.8, 4) is 0 Å². The summed E-state index contributed by atoms with van der Waals surface area (Å²) >= 11 is 0. The number of anilines is 1. The molecule has 1 saturated carbocycles. The van der Waals surface area contributed by atoms with Gasteiger partial charge in [0.1, 0.15) is 0 Å². The summed E-state index contributed by atoms with van der Waals surface area (Å²) in [4.78, 5) is 2.96. The number of nitrogens with zero attached hydrogens (tertiary/aromatic N) is 1. The van der Waals surface area contributed by atoms with Crippen molar-refractivity contribution in [2.45, 2.75) is 43.0 Å². The molecule has 5 heteroatoms. The third-order valence-electron chi connectivity index (χ3n) is 4.92. The lowest BCUT2D eigenvalue weighted by atomic mass is 10.1. The highest BCUT2D eigenvalue weighted by Gasteiger charge is 2.25. The molecule has 2 aliphatic rings. The molecule has 0 aromatic heterocycles. The number of rotatable bonds is 5. The first kappa shape index (κ1) is 15.8. The second kappa shape index (κ2) is 6.59. The van der Waals surface area contributed by atoms with E-state index in [1.807, 2.05) is 12.1 Å². The van der Waals surface area contributed by atoms with E-state index in [0.29, 0.717) is 10.9 Å². The van der Waals surface area contributed by atoms with Gasteiger partial charge in [-0.1, -0.05) is 12.8 Å². The van der Waals surface area contributed by atoms with Gasteiger partial charge in [0.15, 0.2) is 9.84 Å². The standard InChI is InChI=1S/C17H26N2O2S/c1-22(20,21)17-8-6-15(7-9-17)18-16-10-11-19(13-16)12-14-4-2-3-5-14/h6-9,14,16,18H,2-5,10-13H2,1H3/t16-/m1/s1. The van der Waals surface area contributed by atoms with Crippen molar-refractivity contribution in [1.29, 1.82) is 0 Å². The highest BCUT2D eigenvalue weighted by Crippen LogP contribution is 2.27. The predicted octanol–water partition coefficient (Wildman–Crippen LogP) is 2.77. The monoisotopic (exact) mass is 322 g/mol. The molecule has 122 valence electrons. The average molecular weight is 322 g/mol. The Morgan fingerprint density at radius 3 is 2.45 bits per heavy atom. The Morgan fingerprint density at radius 1 is 1.14 bits per heavy atom. The van der Waals surface area contributed by atoms with Gasteiger partial charge in [0.2, 0.25) is 0 Å². The molecular weight excluding hydrogens is 296 g/mol. The fourth-order valence-corrected chi connectivity index (χ4v) is 4.34. The molecular formula is C17H26N2O2S. The molecule has 1 heterocycles. The maximum Gasteiger partial charge on any atom is 0.175 e. The van der Waals surface area contributed by atoms with Gasteiger partial charge in [-0.3, -0.25) is 0 Å². The van der Waals surface area contributed by atoms with Crippen molar-refractivity contribution in [3.63, 3.8) is 0 Å². The Morgan fingerprint density at radius 2 is 1.82 bits per heavy atom. The van der Waals surface area contributed by atoms with Gasteiger partial charge in [-0.2, -0.15) is 0 Å². The zero-order valence-corrected chi connectivity index (χ0v) is 14.1. The van der Waals surface area contributed by atoms with E-state index in [9.17, 15) is 8.42 Å². The molecule has 1 saturated heterocycles. The molecule has 1 aliphatic heterocycles. The number of hydrogen-bond acceptors (Lipinski definition) is 4. The van der Waals surface area contributed by atoms with Crippen molar-refractivity contribution < 1.29 is 8.42 Å². The van der Waals surface area contributed by atoms with Crippen LogP contribution in [0, 0.1) is 5.92 Å². The normalized spacial score (nSPS) is 24.0. The smallest absolute Gasteiger partial charge is 0.175 e. The van der Waals surface area contributed by atoms with Gasteiger partial charge in [-0.25, -0.2) is 8.42 Å². The van der Waals surface area contributed by atoms with E-state index in [2.05, 4.69) is 10.2 Å². The number of likely N-dealkylation sites (tertiary alicyclic amines) is 1. The van der Waals surface area contributed by atoms with Crippen LogP contribution in [-0.2, 0) is 9.84 Å². The summed E-state index contributed by atoms with van der Waals surface area (Å²) in [5.74, 6) is 0.910. The molecule has 0 unspecified atom stereocenters. The molecule has 1 aromatic rings. The molecule has 22 heavy (non-hydrogen) atoms. The second-order valence-corrected chi connectivity index (χ2v) is 8.85. The Labute approximate surface area is 133 Å². The fourth-order valence-electron chi connectivity index (χ4n) is 3.71. The minimum Gasteiger partial charge on any atom is -0.381 e. The summed E-state index contributed by atoms with van der Waals surface area (Å²) in [6, 6.07) is 7.59. The lowest BCUT2D eigenvalue weighted by molar-refractivity contribution is 0.278. The summed E-state index contributed by atoms with van der Waals surface area (Å²) in [5.41, 5.74) is 1.01. The Hall–Kier alpha value is -1.07. The van der Waals surface area contributed by atoms with Crippen LogP contribution in [0.1, 0.15) is 32.1 Å². The molecule has 0 spiro atoms. The maximum atomic E-state index is 11.5. The van der Waals surface area contributed by atoms with E-state index in [4.69, 9.17) is 0 Å². The van der Waals surface area contributed by atoms with Crippen molar-refractivity contribution in [1.82, 2.24) is 4.90 Å². The van der Waals surface area contributed by atoms with Crippen LogP contribution in [0.25, 0.3) is 0 Å². The Balaban J connectivity index is 1.51. The first-order chi connectivity index (χ1) is 10.5. The van der Waals surface area contributed by atoms with Gasteiger partial charge in [-0.15, -0.1) is 0 Å². The maximum absolute atomic E-state index is 11.5. The number of nitrogens with one attached hydrogen (secondary N) is 1. The molecule has 4 nitrogen and oxygen atoms in total. The lowest BCUT2D eigenvalue weighted by Crippen LogP contribution is -2.29.